The van der Waals surface area contributed by atoms with Crippen LogP contribution in [0.2, 0.25) is 0 Å². The van der Waals surface area contributed by atoms with Crippen LogP contribution in [-0.2, 0) is 0 Å². The zero-order valence-electron chi connectivity index (χ0n) is 20.6. The number of nitrogens with zero attached hydrogens (tertiary/aromatic N) is 1. The van der Waals surface area contributed by atoms with Gasteiger partial charge in [-0.25, -0.2) is 0 Å². The van der Waals surface area contributed by atoms with Crippen molar-refractivity contribution < 1.29 is 9.47 Å². The van der Waals surface area contributed by atoms with Gasteiger partial charge in [0.15, 0.2) is 16.6 Å². The predicted molar refractivity (Wildman–Crippen MR) is 141 cm³/mol. The van der Waals surface area contributed by atoms with Crippen LogP contribution in [0.15, 0.2) is 23.3 Å². The molecule has 0 saturated heterocycles. The van der Waals surface area contributed by atoms with Crippen LogP contribution in [0.1, 0.15) is 102 Å². The molecule has 1 rings (SSSR count). The van der Waals surface area contributed by atoms with Gasteiger partial charge >= 0.3 is 0 Å². The van der Waals surface area contributed by atoms with E-state index in [2.05, 4.69) is 22.8 Å². The fourth-order valence-corrected chi connectivity index (χ4v) is 3.89. The van der Waals surface area contributed by atoms with Gasteiger partial charge in [0, 0.05) is 12.1 Å². The molecule has 0 spiro atoms. The summed E-state index contributed by atoms with van der Waals surface area (Å²) in [6, 6.07) is 5.67. The second-order valence-corrected chi connectivity index (χ2v) is 8.71. The number of hydrogen-bond donors (Lipinski definition) is 2. The molecule has 2 N–H and O–H groups in total. The highest BCUT2D eigenvalue weighted by atomic mass is 32.1. The summed E-state index contributed by atoms with van der Waals surface area (Å²) >= 11 is 5.29. The smallest absolute Gasteiger partial charge is 0.186 e. The van der Waals surface area contributed by atoms with Gasteiger partial charge in [-0.1, -0.05) is 96.5 Å². The SMILES string of the molecule is CCCCCCCCCCCCCCCCNC(=S)NN=Cc1cccc(OC)c1OC. The van der Waals surface area contributed by atoms with E-state index in [1.807, 2.05) is 18.2 Å². The van der Waals surface area contributed by atoms with Crippen molar-refractivity contribution in [2.45, 2.75) is 96.8 Å². The maximum absolute atomic E-state index is 5.39. The molecule has 0 heterocycles. The van der Waals surface area contributed by atoms with Crippen molar-refractivity contribution in [3.63, 3.8) is 0 Å². The number of rotatable bonds is 19. The fourth-order valence-electron chi connectivity index (χ4n) is 3.74. The minimum absolute atomic E-state index is 0.540. The summed E-state index contributed by atoms with van der Waals surface area (Å²) in [5.74, 6) is 1.33. The minimum atomic E-state index is 0.540. The zero-order chi connectivity index (χ0) is 23.3. The van der Waals surface area contributed by atoms with E-state index in [9.17, 15) is 0 Å². The molecule has 0 aliphatic rings. The number of nitrogens with one attached hydrogen (secondary N) is 2. The van der Waals surface area contributed by atoms with Crippen LogP contribution < -0.4 is 20.2 Å². The molecule has 1 aromatic rings. The van der Waals surface area contributed by atoms with E-state index in [-0.39, 0.29) is 0 Å². The Morgan fingerprint density at radius 3 is 1.94 bits per heavy atom. The average molecular weight is 464 g/mol. The Hall–Kier alpha value is -1.82. The van der Waals surface area contributed by atoms with Crippen molar-refractivity contribution in [1.82, 2.24) is 10.7 Å². The molecule has 5 nitrogen and oxygen atoms in total. The van der Waals surface area contributed by atoms with Gasteiger partial charge in [0.1, 0.15) is 0 Å². The molecule has 182 valence electrons. The molecule has 0 radical (unpaired) electrons. The first-order chi connectivity index (χ1) is 15.7. The Balaban J connectivity index is 1.98. The molecule has 0 atom stereocenters. The lowest BCUT2D eigenvalue weighted by molar-refractivity contribution is 0.354. The third-order valence-electron chi connectivity index (χ3n) is 5.62. The predicted octanol–water partition coefficient (Wildman–Crippen LogP) is 6.98. The molecular formula is C26H45N3O2S. The van der Waals surface area contributed by atoms with Crippen LogP contribution >= 0.6 is 12.2 Å². The first kappa shape index (κ1) is 28.2. The number of hydrogen-bond acceptors (Lipinski definition) is 4. The standard InChI is InChI=1S/C26H45N3O2S/c1-4-5-6-7-8-9-10-11-12-13-14-15-16-17-21-27-26(32)29-28-22-23-19-18-20-24(30-2)25(23)31-3/h18-20,22H,4-17,21H2,1-3H3,(H2,27,29,32). The van der Waals surface area contributed by atoms with Crippen LogP contribution in [-0.4, -0.2) is 32.1 Å². The number of para-hydroxylation sites is 1. The Kier molecular flexibility index (Phi) is 17.5. The summed E-state index contributed by atoms with van der Waals surface area (Å²) < 4.78 is 10.7. The Labute approximate surface area is 201 Å². The van der Waals surface area contributed by atoms with E-state index in [4.69, 9.17) is 21.7 Å². The van der Waals surface area contributed by atoms with E-state index in [1.54, 1.807) is 20.4 Å². The van der Waals surface area contributed by atoms with Gasteiger partial charge < -0.3 is 14.8 Å². The molecule has 0 bridgehead atoms. The average Bonchev–Trinajstić information content (AvgIpc) is 2.81. The summed E-state index contributed by atoms with van der Waals surface area (Å²) in [5, 5.41) is 7.95. The first-order valence-corrected chi connectivity index (χ1v) is 12.9. The highest BCUT2D eigenvalue weighted by Gasteiger charge is 2.07. The number of hydrazone groups is 1. The summed E-state index contributed by atoms with van der Waals surface area (Å²) in [6.07, 6.45) is 20.8. The molecule has 0 aliphatic carbocycles. The van der Waals surface area contributed by atoms with Crippen LogP contribution in [0.4, 0.5) is 0 Å². The molecule has 32 heavy (non-hydrogen) atoms. The van der Waals surface area contributed by atoms with E-state index in [1.165, 1.54) is 83.5 Å². The van der Waals surface area contributed by atoms with Gasteiger partial charge in [0.25, 0.3) is 0 Å². The van der Waals surface area contributed by atoms with E-state index >= 15 is 0 Å². The van der Waals surface area contributed by atoms with E-state index in [0.717, 1.165) is 18.5 Å². The number of thiocarbonyl (C=S) groups is 1. The highest BCUT2D eigenvalue weighted by Crippen LogP contribution is 2.29. The topological polar surface area (TPSA) is 54.9 Å². The third-order valence-corrected chi connectivity index (χ3v) is 5.85. The quantitative estimate of drug-likeness (QED) is 0.100. The van der Waals surface area contributed by atoms with Gasteiger partial charge in [-0.2, -0.15) is 5.10 Å². The zero-order valence-corrected chi connectivity index (χ0v) is 21.4. The number of benzene rings is 1. The van der Waals surface area contributed by atoms with Crippen molar-refractivity contribution in [1.29, 1.82) is 0 Å². The van der Waals surface area contributed by atoms with Crippen molar-refractivity contribution in [2.75, 3.05) is 20.8 Å². The van der Waals surface area contributed by atoms with E-state index in [0.29, 0.717) is 16.6 Å². The lowest BCUT2D eigenvalue weighted by Gasteiger charge is -2.10. The normalized spacial score (nSPS) is 11.0. The molecular weight excluding hydrogens is 418 g/mol. The van der Waals surface area contributed by atoms with Crippen molar-refractivity contribution in [2.24, 2.45) is 5.10 Å². The lowest BCUT2D eigenvalue weighted by Crippen LogP contribution is -2.32. The van der Waals surface area contributed by atoms with Crippen LogP contribution in [0.25, 0.3) is 0 Å². The van der Waals surface area contributed by atoms with Crippen molar-refractivity contribution in [3.05, 3.63) is 23.8 Å². The first-order valence-electron chi connectivity index (χ1n) is 12.5. The largest absolute Gasteiger partial charge is 0.493 e. The molecule has 0 unspecified atom stereocenters. The number of methoxy groups -OCH3 is 2. The maximum atomic E-state index is 5.39. The van der Waals surface area contributed by atoms with Gasteiger partial charge in [-0.05, 0) is 30.8 Å². The molecule has 0 aliphatic heterocycles. The van der Waals surface area contributed by atoms with Gasteiger partial charge in [-0.3, -0.25) is 5.43 Å². The number of unbranched alkanes of at least 4 members (excludes halogenated alkanes) is 13. The van der Waals surface area contributed by atoms with E-state index < -0.39 is 0 Å². The Morgan fingerprint density at radius 1 is 0.844 bits per heavy atom. The summed E-state index contributed by atoms with van der Waals surface area (Å²) in [7, 11) is 3.23. The molecule has 1 aromatic carbocycles. The molecule has 0 fully saturated rings. The van der Waals surface area contributed by atoms with Gasteiger partial charge in [0.2, 0.25) is 0 Å². The molecule has 0 aromatic heterocycles. The van der Waals surface area contributed by atoms with Crippen LogP contribution in [0.3, 0.4) is 0 Å². The monoisotopic (exact) mass is 463 g/mol. The Bertz CT molecular complexity index is 637. The van der Waals surface area contributed by atoms with Gasteiger partial charge in [-0.15, -0.1) is 0 Å². The van der Waals surface area contributed by atoms with Crippen LogP contribution in [0, 0.1) is 0 Å². The number of ether oxygens (including phenoxy) is 2. The Morgan fingerprint density at radius 2 is 1.41 bits per heavy atom. The van der Waals surface area contributed by atoms with Crippen LogP contribution in [0.5, 0.6) is 11.5 Å². The minimum Gasteiger partial charge on any atom is -0.493 e. The molecule has 6 heteroatoms. The second-order valence-electron chi connectivity index (χ2n) is 8.30. The maximum Gasteiger partial charge on any atom is 0.186 e. The lowest BCUT2D eigenvalue weighted by atomic mass is 10.0. The summed E-state index contributed by atoms with van der Waals surface area (Å²) in [5.41, 5.74) is 3.69. The third kappa shape index (κ3) is 13.6. The van der Waals surface area contributed by atoms with Crippen molar-refractivity contribution >= 4 is 23.5 Å². The fraction of sp³-hybridized carbons (Fsp3) is 0.692. The second kappa shape index (κ2) is 19.8. The van der Waals surface area contributed by atoms with Crippen molar-refractivity contribution in [3.8, 4) is 11.5 Å². The molecule has 0 amide bonds. The highest BCUT2D eigenvalue weighted by molar-refractivity contribution is 7.80. The summed E-state index contributed by atoms with van der Waals surface area (Å²) in [6.45, 7) is 3.16. The summed E-state index contributed by atoms with van der Waals surface area (Å²) in [4.78, 5) is 0. The van der Waals surface area contributed by atoms with Gasteiger partial charge in [0.05, 0.1) is 20.4 Å². The molecule has 0 saturated carbocycles.